The zero-order valence-corrected chi connectivity index (χ0v) is 15.1. The molecule has 1 saturated heterocycles. The fourth-order valence-corrected chi connectivity index (χ4v) is 2.93. The molecule has 1 fully saturated rings. The quantitative estimate of drug-likeness (QED) is 0.832. The molecule has 0 spiro atoms. The minimum Gasteiger partial charge on any atom is -0.456 e. The molecule has 1 atom stereocenters. The van der Waals surface area contributed by atoms with Crippen LogP contribution in [0.2, 0.25) is 0 Å². The molecular formula is C20H19F3N2O3. The van der Waals surface area contributed by atoms with Crippen molar-refractivity contribution in [3.8, 4) is 11.5 Å². The van der Waals surface area contributed by atoms with Crippen LogP contribution in [0.15, 0.2) is 42.5 Å². The molecule has 0 aromatic heterocycles. The maximum Gasteiger partial charge on any atom is 0.416 e. The zero-order chi connectivity index (χ0) is 20.3. The number of halogens is 3. The van der Waals surface area contributed by atoms with E-state index in [0.717, 1.165) is 23.8 Å². The second-order valence-electron chi connectivity index (χ2n) is 6.59. The van der Waals surface area contributed by atoms with Crippen LogP contribution in [0, 0.1) is 6.92 Å². The molecule has 2 aromatic carbocycles. The van der Waals surface area contributed by atoms with Gasteiger partial charge in [0.2, 0.25) is 5.91 Å². The number of para-hydroxylation sites is 1. The highest BCUT2D eigenvalue weighted by Crippen LogP contribution is 2.35. The van der Waals surface area contributed by atoms with Crippen molar-refractivity contribution in [2.45, 2.75) is 32.0 Å². The Hall–Kier alpha value is -3.03. The molecule has 8 heteroatoms. The molecule has 28 heavy (non-hydrogen) atoms. The number of hydrogen-bond acceptors (Lipinski definition) is 3. The molecule has 0 aliphatic carbocycles. The largest absolute Gasteiger partial charge is 0.456 e. The molecular weight excluding hydrogens is 373 g/mol. The Labute approximate surface area is 159 Å². The lowest BCUT2D eigenvalue weighted by Gasteiger charge is -2.24. The van der Waals surface area contributed by atoms with E-state index in [-0.39, 0.29) is 23.6 Å². The minimum atomic E-state index is -4.60. The van der Waals surface area contributed by atoms with Crippen molar-refractivity contribution in [1.29, 1.82) is 0 Å². The summed E-state index contributed by atoms with van der Waals surface area (Å²) in [6, 6.07) is 9.33. The fourth-order valence-electron chi connectivity index (χ4n) is 2.93. The first kappa shape index (κ1) is 19.7. The van der Waals surface area contributed by atoms with E-state index in [9.17, 15) is 22.8 Å². The number of rotatable bonds is 4. The van der Waals surface area contributed by atoms with Gasteiger partial charge in [-0.25, -0.2) is 0 Å². The molecule has 148 valence electrons. The van der Waals surface area contributed by atoms with Crippen LogP contribution >= 0.6 is 0 Å². The summed E-state index contributed by atoms with van der Waals surface area (Å²) in [6.07, 6.45) is -4.01. The Morgan fingerprint density at radius 3 is 2.61 bits per heavy atom. The van der Waals surface area contributed by atoms with E-state index >= 15 is 0 Å². The third kappa shape index (κ3) is 4.62. The molecule has 5 nitrogen and oxygen atoms in total. The highest BCUT2D eigenvalue weighted by atomic mass is 19.4. The van der Waals surface area contributed by atoms with Crippen molar-refractivity contribution in [3.05, 3.63) is 59.2 Å². The van der Waals surface area contributed by atoms with Gasteiger partial charge in [-0.2, -0.15) is 13.2 Å². The summed E-state index contributed by atoms with van der Waals surface area (Å²) in [5.74, 6) is -0.472. The molecule has 1 unspecified atom stereocenters. The van der Waals surface area contributed by atoms with Crippen molar-refractivity contribution in [1.82, 2.24) is 10.6 Å². The average molecular weight is 392 g/mol. The molecule has 0 radical (unpaired) electrons. The Balaban J connectivity index is 1.92. The summed E-state index contributed by atoms with van der Waals surface area (Å²) >= 11 is 0. The predicted molar refractivity (Wildman–Crippen MR) is 96.2 cm³/mol. The van der Waals surface area contributed by atoms with Crippen LogP contribution in [0.25, 0.3) is 0 Å². The van der Waals surface area contributed by atoms with Crippen LogP contribution < -0.4 is 15.4 Å². The van der Waals surface area contributed by atoms with Crippen molar-refractivity contribution in [2.75, 3.05) is 6.54 Å². The topological polar surface area (TPSA) is 67.4 Å². The molecule has 1 aliphatic rings. The number of carbonyl (C=O) groups is 2. The number of piperidine rings is 1. The maximum absolute atomic E-state index is 13.1. The second kappa shape index (κ2) is 7.92. The van der Waals surface area contributed by atoms with Gasteiger partial charge in [-0.1, -0.05) is 18.2 Å². The SMILES string of the molecule is Cc1ccccc1Oc1ccc(C(F)(F)F)cc1C(=O)NC1CCNC(=O)C1. The van der Waals surface area contributed by atoms with Gasteiger partial charge in [0.05, 0.1) is 11.1 Å². The van der Waals surface area contributed by atoms with E-state index in [1.807, 2.05) is 0 Å². The molecule has 0 bridgehead atoms. The maximum atomic E-state index is 13.1. The van der Waals surface area contributed by atoms with E-state index in [4.69, 9.17) is 4.74 Å². The number of benzene rings is 2. The fraction of sp³-hybridized carbons (Fsp3) is 0.300. The summed E-state index contributed by atoms with van der Waals surface area (Å²) in [5.41, 5.74) is -0.405. The standard InChI is InChI=1S/C20H19F3N2O3/c1-12-4-2-3-5-16(12)28-17-7-6-13(20(21,22)23)10-15(17)19(27)25-14-8-9-24-18(26)11-14/h2-7,10,14H,8-9,11H2,1H3,(H,24,26)(H,25,27). The van der Waals surface area contributed by atoms with Crippen molar-refractivity contribution in [2.24, 2.45) is 0 Å². The molecule has 2 aromatic rings. The van der Waals surface area contributed by atoms with Gasteiger partial charge < -0.3 is 15.4 Å². The first-order valence-electron chi connectivity index (χ1n) is 8.76. The normalized spacial score (nSPS) is 17.0. The van der Waals surface area contributed by atoms with Gasteiger partial charge in [-0.3, -0.25) is 9.59 Å². The van der Waals surface area contributed by atoms with Gasteiger partial charge in [0.1, 0.15) is 11.5 Å². The molecule has 2 amide bonds. The Bertz CT molecular complexity index is 897. The first-order valence-corrected chi connectivity index (χ1v) is 8.76. The number of hydrogen-bond donors (Lipinski definition) is 2. The van der Waals surface area contributed by atoms with Gasteiger partial charge in [0, 0.05) is 19.0 Å². The van der Waals surface area contributed by atoms with E-state index in [1.54, 1.807) is 31.2 Å². The molecule has 3 rings (SSSR count). The van der Waals surface area contributed by atoms with Crippen LogP contribution in [0.5, 0.6) is 11.5 Å². The summed E-state index contributed by atoms with van der Waals surface area (Å²) in [6.45, 7) is 2.19. The van der Waals surface area contributed by atoms with Gasteiger partial charge in [0.25, 0.3) is 5.91 Å². The number of alkyl halides is 3. The van der Waals surface area contributed by atoms with Crippen molar-refractivity contribution < 1.29 is 27.5 Å². The number of nitrogens with one attached hydrogen (secondary N) is 2. The number of aryl methyl sites for hydroxylation is 1. The smallest absolute Gasteiger partial charge is 0.416 e. The van der Waals surface area contributed by atoms with Crippen LogP contribution in [0.1, 0.15) is 34.3 Å². The van der Waals surface area contributed by atoms with E-state index in [2.05, 4.69) is 10.6 Å². The molecule has 2 N–H and O–H groups in total. The summed E-state index contributed by atoms with van der Waals surface area (Å²) in [7, 11) is 0. The van der Waals surface area contributed by atoms with Crippen LogP contribution in [0.3, 0.4) is 0 Å². The Kier molecular flexibility index (Phi) is 5.58. The van der Waals surface area contributed by atoms with Crippen LogP contribution in [-0.2, 0) is 11.0 Å². The lowest BCUT2D eigenvalue weighted by atomic mass is 10.0. The summed E-state index contributed by atoms with van der Waals surface area (Å²) in [5, 5.41) is 5.28. The number of amides is 2. The second-order valence-corrected chi connectivity index (χ2v) is 6.59. The highest BCUT2D eigenvalue weighted by molar-refractivity contribution is 5.97. The zero-order valence-electron chi connectivity index (χ0n) is 15.1. The summed E-state index contributed by atoms with van der Waals surface area (Å²) in [4.78, 5) is 24.2. The average Bonchev–Trinajstić information content (AvgIpc) is 2.63. The monoisotopic (exact) mass is 392 g/mol. The third-order valence-corrected chi connectivity index (χ3v) is 4.45. The van der Waals surface area contributed by atoms with Gasteiger partial charge in [-0.05, 0) is 43.2 Å². The van der Waals surface area contributed by atoms with E-state index in [1.165, 1.54) is 0 Å². The van der Waals surface area contributed by atoms with Gasteiger partial charge in [0.15, 0.2) is 0 Å². The molecule has 1 heterocycles. The van der Waals surface area contributed by atoms with E-state index < -0.39 is 23.7 Å². The predicted octanol–water partition coefficient (Wildman–Crippen LogP) is 3.81. The molecule has 0 saturated carbocycles. The van der Waals surface area contributed by atoms with Crippen LogP contribution in [-0.4, -0.2) is 24.4 Å². The minimum absolute atomic E-state index is 0.0139. The van der Waals surface area contributed by atoms with Crippen molar-refractivity contribution in [3.63, 3.8) is 0 Å². The third-order valence-electron chi connectivity index (χ3n) is 4.45. The highest BCUT2D eigenvalue weighted by Gasteiger charge is 2.32. The lowest BCUT2D eigenvalue weighted by molar-refractivity contribution is -0.137. The molecule has 1 aliphatic heterocycles. The lowest BCUT2D eigenvalue weighted by Crippen LogP contribution is -2.45. The van der Waals surface area contributed by atoms with Gasteiger partial charge in [-0.15, -0.1) is 0 Å². The van der Waals surface area contributed by atoms with Crippen molar-refractivity contribution >= 4 is 11.8 Å². The Morgan fingerprint density at radius 1 is 1.18 bits per heavy atom. The van der Waals surface area contributed by atoms with E-state index in [0.29, 0.717) is 18.7 Å². The van der Waals surface area contributed by atoms with Gasteiger partial charge >= 0.3 is 6.18 Å². The Morgan fingerprint density at radius 2 is 1.93 bits per heavy atom. The summed E-state index contributed by atoms with van der Waals surface area (Å²) < 4.78 is 45.1. The van der Waals surface area contributed by atoms with Crippen LogP contribution in [0.4, 0.5) is 13.2 Å². The first-order chi connectivity index (χ1) is 13.2. The number of carbonyl (C=O) groups excluding carboxylic acids is 2. The number of ether oxygens (including phenoxy) is 1.